The number of nitrogens with one attached hydrogen (secondary N) is 1. The summed E-state index contributed by atoms with van der Waals surface area (Å²) >= 11 is 0. The van der Waals surface area contributed by atoms with Crippen molar-refractivity contribution in [3.8, 4) is 28.3 Å². The lowest BCUT2D eigenvalue weighted by atomic mass is 10.0. The highest BCUT2D eigenvalue weighted by Gasteiger charge is 2.14. The Morgan fingerprint density at radius 2 is 1.89 bits per heavy atom. The summed E-state index contributed by atoms with van der Waals surface area (Å²) in [6.45, 7) is 0. The Kier molecular flexibility index (Phi) is 4.25. The van der Waals surface area contributed by atoms with Gasteiger partial charge in [-0.05, 0) is 42.0 Å². The molecule has 8 nitrogen and oxygen atoms in total. The van der Waals surface area contributed by atoms with E-state index in [1.54, 1.807) is 19.4 Å². The maximum atomic E-state index is 11.6. The Bertz CT molecular complexity index is 1300. The second-order valence-electron chi connectivity index (χ2n) is 6.20. The third-order valence-electron chi connectivity index (χ3n) is 4.36. The van der Waals surface area contributed by atoms with Gasteiger partial charge in [-0.25, -0.2) is 23.5 Å². The molecule has 0 saturated heterocycles. The van der Waals surface area contributed by atoms with Crippen molar-refractivity contribution in [1.29, 1.82) is 0 Å². The molecular formula is C19H17N5O3S. The molecule has 0 radical (unpaired) electrons. The van der Waals surface area contributed by atoms with Crippen LogP contribution < -0.4 is 15.6 Å². The summed E-state index contributed by atoms with van der Waals surface area (Å²) in [5.41, 5.74) is 9.56. The second-order valence-corrected chi connectivity index (χ2v) is 7.76. The number of pyridine rings is 1. The molecule has 0 bridgehead atoms. The number of hydrogen-bond acceptors (Lipinski definition) is 6. The molecule has 2 aromatic heterocycles. The predicted molar refractivity (Wildman–Crippen MR) is 107 cm³/mol. The molecule has 0 aliphatic rings. The van der Waals surface area contributed by atoms with Gasteiger partial charge in [0.25, 0.3) is 0 Å². The second kappa shape index (κ2) is 6.63. The van der Waals surface area contributed by atoms with Crippen LogP contribution in [0.1, 0.15) is 0 Å². The van der Waals surface area contributed by atoms with Gasteiger partial charge in [0.1, 0.15) is 17.4 Å². The molecule has 28 heavy (non-hydrogen) atoms. The summed E-state index contributed by atoms with van der Waals surface area (Å²) in [7, 11) is -2.20. The van der Waals surface area contributed by atoms with E-state index in [4.69, 9.17) is 15.6 Å². The molecular weight excluding hydrogens is 378 g/mol. The number of hydrogen-bond donors (Lipinski definition) is 3. The van der Waals surface area contributed by atoms with Crippen LogP contribution in [0, 0.1) is 0 Å². The zero-order valence-corrected chi connectivity index (χ0v) is 15.7. The smallest absolute Gasteiger partial charge is 0.238 e. The average Bonchev–Trinajstić information content (AvgIpc) is 3.10. The van der Waals surface area contributed by atoms with Gasteiger partial charge in [-0.2, -0.15) is 0 Å². The van der Waals surface area contributed by atoms with Gasteiger partial charge in [-0.15, -0.1) is 0 Å². The molecule has 0 aliphatic carbocycles. The van der Waals surface area contributed by atoms with E-state index in [1.165, 1.54) is 12.1 Å². The van der Waals surface area contributed by atoms with E-state index in [1.807, 2.05) is 30.3 Å². The summed E-state index contributed by atoms with van der Waals surface area (Å²) in [5, 5.41) is 5.20. The SMILES string of the molecule is COc1cccc(-c2cnc(N)c(-c3nc4ccc(S(N)(=O)=O)cc4[nH]3)c2)c1. The number of aromatic nitrogens is 3. The fourth-order valence-electron chi connectivity index (χ4n) is 2.92. The van der Waals surface area contributed by atoms with Gasteiger partial charge in [-0.1, -0.05) is 12.1 Å². The maximum absolute atomic E-state index is 11.6. The van der Waals surface area contributed by atoms with Crippen molar-refractivity contribution in [2.75, 3.05) is 12.8 Å². The lowest BCUT2D eigenvalue weighted by Crippen LogP contribution is -2.11. The average molecular weight is 395 g/mol. The van der Waals surface area contributed by atoms with Crippen LogP contribution in [-0.2, 0) is 10.0 Å². The van der Waals surface area contributed by atoms with Gasteiger partial charge in [-0.3, -0.25) is 0 Å². The number of sulfonamides is 1. The maximum Gasteiger partial charge on any atom is 0.238 e. The molecule has 2 heterocycles. The number of nitrogen functional groups attached to an aromatic ring is 1. The Morgan fingerprint density at radius 1 is 1.07 bits per heavy atom. The van der Waals surface area contributed by atoms with Crippen LogP contribution >= 0.6 is 0 Å². The zero-order valence-electron chi connectivity index (χ0n) is 14.9. The molecule has 2 aromatic carbocycles. The summed E-state index contributed by atoms with van der Waals surface area (Å²) in [5.74, 6) is 1.52. The molecule has 4 rings (SSSR count). The molecule has 5 N–H and O–H groups in total. The van der Waals surface area contributed by atoms with E-state index in [-0.39, 0.29) is 4.90 Å². The zero-order chi connectivity index (χ0) is 19.9. The first-order valence-electron chi connectivity index (χ1n) is 8.28. The summed E-state index contributed by atoms with van der Waals surface area (Å²) < 4.78 is 28.4. The number of aromatic amines is 1. The van der Waals surface area contributed by atoms with Gasteiger partial charge >= 0.3 is 0 Å². The Hall–Kier alpha value is -3.43. The number of H-pyrrole nitrogens is 1. The molecule has 9 heteroatoms. The van der Waals surface area contributed by atoms with E-state index >= 15 is 0 Å². The van der Waals surface area contributed by atoms with Crippen molar-refractivity contribution in [2.45, 2.75) is 4.90 Å². The minimum Gasteiger partial charge on any atom is -0.497 e. The van der Waals surface area contributed by atoms with Gasteiger partial charge in [0, 0.05) is 11.8 Å². The minimum atomic E-state index is -3.80. The number of ether oxygens (including phenoxy) is 1. The van der Waals surface area contributed by atoms with Crippen molar-refractivity contribution in [3.05, 3.63) is 54.7 Å². The van der Waals surface area contributed by atoms with Gasteiger partial charge < -0.3 is 15.5 Å². The quantitative estimate of drug-likeness (QED) is 0.485. The number of methoxy groups -OCH3 is 1. The molecule has 4 aromatic rings. The lowest BCUT2D eigenvalue weighted by Gasteiger charge is -2.07. The highest BCUT2D eigenvalue weighted by atomic mass is 32.2. The van der Waals surface area contributed by atoms with Gasteiger partial charge in [0.15, 0.2) is 0 Å². The number of fused-ring (bicyclic) bond motifs is 1. The van der Waals surface area contributed by atoms with Crippen molar-refractivity contribution in [2.24, 2.45) is 5.14 Å². The standard InChI is InChI=1S/C19H17N5O3S/c1-27-13-4-2-3-11(7-13)12-8-15(18(20)22-10-12)19-23-16-6-5-14(28(21,25)26)9-17(16)24-19/h2-10H,1H3,(H2,20,22)(H,23,24)(H2,21,25,26). The van der Waals surface area contributed by atoms with Crippen molar-refractivity contribution >= 4 is 26.9 Å². The fourth-order valence-corrected chi connectivity index (χ4v) is 3.46. The fraction of sp³-hybridized carbons (Fsp3) is 0.0526. The number of imidazole rings is 1. The first-order chi connectivity index (χ1) is 13.3. The highest BCUT2D eigenvalue weighted by molar-refractivity contribution is 7.89. The molecule has 0 aliphatic heterocycles. The number of anilines is 1. The molecule has 0 saturated carbocycles. The Balaban J connectivity index is 1.82. The third kappa shape index (κ3) is 3.28. The number of benzene rings is 2. The normalized spacial score (nSPS) is 11.6. The van der Waals surface area contributed by atoms with Crippen molar-refractivity contribution in [3.63, 3.8) is 0 Å². The number of rotatable bonds is 4. The van der Waals surface area contributed by atoms with Crippen molar-refractivity contribution in [1.82, 2.24) is 15.0 Å². The van der Waals surface area contributed by atoms with Crippen LogP contribution in [0.2, 0.25) is 0 Å². The van der Waals surface area contributed by atoms with E-state index < -0.39 is 10.0 Å². The van der Waals surface area contributed by atoms with Gasteiger partial charge in [0.2, 0.25) is 10.0 Å². The van der Waals surface area contributed by atoms with Crippen LogP contribution in [0.3, 0.4) is 0 Å². The number of primary sulfonamides is 1. The number of nitrogens with zero attached hydrogens (tertiary/aromatic N) is 2. The Morgan fingerprint density at radius 3 is 2.64 bits per heavy atom. The van der Waals surface area contributed by atoms with E-state index in [9.17, 15) is 8.42 Å². The van der Waals surface area contributed by atoms with Crippen LogP contribution in [0.4, 0.5) is 5.82 Å². The van der Waals surface area contributed by atoms with Crippen LogP contribution in [0.25, 0.3) is 33.5 Å². The lowest BCUT2D eigenvalue weighted by molar-refractivity contribution is 0.415. The van der Waals surface area contributed by atoms with Gasteiger partial charge in [0.05, 0.1) is 28.6 Å². The molecule has 0 amide bonds. The van der Waals surface area contributed by atoms with E-state index in [0.29, 0.717) is 28.2 Å². The summed E-state index contributed by atoms with van der Waals surface area (Å²) in [4.78, 5) is 11.9. The van der Waals surface area contributed by atoms with E-state index in [0.717, 1.165) is 16.9 Å². The summed E-state index contributed by atoms with van der Waals surface area (Å²) in [6, 6.07) is 13.9. The Labute approximate surface area is 161 Å². The molecule has 0 fully saturated rings. The molecule has 142 valence electrons. The molecule has 0 unspecified atom stereocenters. The van der Waals surface area contributed by atoms with Crippen molar-refractivity contribution < 1.29 is 13.2 Å². The molecule has 0 spiro atoms. The summed E-state index contributed by atoms with van der Waals surface area (Å²) in [6.07, 6.45) is 1.68. The first-order valence-corrected chi connectivity index (χ1v) is 9.82. The molecule has 0 atom stereocenters. The first kappa shape index (κ1) is 18.0. The topological polar surface area (TPSA) is 137 Å². The monoisotopic (exact) mass is 395 g/mol. The van der Waals surface area contributed by atoms with E-state index in [2.05, 4.69) is 15.0 Å². The number of nitrogens with two attached hydrogens (primary N) is 2. The predicted octanol–water partition coefficient (Wildman–Crippen LogP) is 2.53. The largest absolute Gasteiger partial charge is 0.497 e. The van der Waals surface area contributed by atoms with Crippen LogP contribution in [-0.4, -0.2) is 30.5 Å². The van der Waals surface area contributed by atoms with Crippen LogP contribution in [0.5, 0.6) is 5.75 Å². The van der Waals surface area contributed by atoms with Crippen LogP contribution in [0.15, 0.2) is 59.6 Å². The minimum absolute atomic E-state index is 0.00595. The third-order valence-corrected chi connectivity index (χ3v) is 5.27. The highest BCUT2D eigenvalue weighted by Crippen LogP contribution is 2.31.